The van der Waals surface area contributed by atoms with Crippen molar-refractivity contribution in [3.05, 3.63) is 41.8 Å². The first-order chi connectivity index (χ1) is 8.06. The molecule has 0 saturated heterocycles. The van der Waals surface area contributed by atoms with Gasteiger partial charge in [0, 0.05) is 0 Å². The predicted octanol–water partition coefficient (Wildman–Crippen LogP) is 2.63. The number of aromatic nitrogens is 2. The van der Waals surface area contributed by atoms with Crippen LogP contribution in [0.2, 0.25) is 0 Å². The number of anilines is 1. The van der Waals surface area contributed by atoms with Crippen molar-refractivity contribution in [3.63, 3.8) is 0 Å². The van der Waals surface area contributed by atoms with Crippen molar-refractivity contribution in [2.45, 2.75) is 9.92 Å². The van der Waals surface area contributed by atoms with Crippen molar-refractivity contribution in [2.24, 2.45) is 0 Å². The molecule has 0 aliphatic carbocycles. The van der Waals surface area contributed by atoms with E-state index in [1.54, 1.807) is 0 Å². The van der Waals surface area contributed by atoms with Gasteiger partial charge in [-0.1, -0.05) is 11.8 Å². The summed E-state index contributed by atoms with van der Waals surface area (Å²) in [5, 5.41) is -0.151. The molecule has 2 N–H and O–H groups in total. The molecule has 88 valence electrons. The van der Waals surface area contributed by atoms with Crippen molar-refractivity contribution in [1.82, 2.24) is 9.97 Å². The maximum atomic E-state index is 13.3. The molecule has 0 saturated carbocycles. The molecule has 1 aromatic heterocycles. The van der Waals surface area contributed by atoms with Crippen molar-refractivity contribution in [1.29, 1.82) is 0 Å². The molecule has 3 nitrogen and oxygen atoms in total. The summed E-state index contributed by atoms with van der Waals surface area (Å²) >= 11 is 0.648. The lowest BCUT2D eigenvalue weighted by atomic mass is 10.3. The van der Waals surface area contributed by atoms with Crippen LogP contribution in [0.4, 0.5) is 19.1 Å². The van der Waals surface area contributed by atoms with Crippen LogP contribution in [0.3, 0.4) is 0 Å². The molecule has 0 amide bonds. The van der Waals surface area contributed by atoms with Gasteiger partial charge in [-0.05, 0) is 18.2 Å². The van der Waals surface area contributed by atoms with Gasteiger partial charge in [-0.25, -0.2) is 23.1 Å². The van der Waals surface area contributed by atoms with Gasteiger partial charge in [-0.15, -0.1) is 0 Å². The zero-order valence-electron chi connectivity index (χ0n) is 8.32. The van der Waals surface area contributed by atoms with Crippen molar-refractivity contribution in [3.8, 4) is 0 Å². The Bertz CT molecular complexity index is 513. The first kappa shape index (κ1) is 11.7. The highest BCUT2D eigenvalue weighted by atomic mass is 32.2. The topological polar surface area (TPSA) is 51.8 Å². The van der Waals surface area contributed by atoms with Crippen molar-refractivity contribution >= 4 is 17.7 Å². The Balaban J connectivity index is 2.37. The van der Waals surface area contributed by atoms with Crippen molar-refractivity contribution < 1.29 is 13.2 Å². The zero-order valence-corrected chi connectivity index (χ0v) is 9.14. The maximum absolute atomic E-state index is 13.3. The SMILES string of the molecule is Nc1ncc(F)c(Sc2cc(F)ccc2F)n1. The lowest BCUT2D eigenvalue weighted by Gasteiger charge is -2.04. The van der Waals surface area contributed by atoms with Crippen LogP contribution in [0.1, 0.15) is 0 Å². The standard InChI is InChI=1S/C10H6F3N3S/c11-5-1-2-6(12)8(3-5)17-9-7(13)4-15-10(14)16-9/h1-4H,(H2,14,15,16). The van der Waals surface area contributed by atoms with Gasteiger partial charge in [0.25, 0.3) is 0 Å². The van der Waals surface area contributed by atoms with Gasteiger partial charge >= 0.3 is 0 Å². The molecule has 0 bridgehead atoms. The van der Waals surface area contributed by atoms with E-state index in [1.165, 1.54) is 0 Å². The third-order valence-corrected chi connectivity index (χ3v) is 2.84. The van der Waals surface area contributed by atoms with E-state index in [9.17, 15) is 13.2 Å². The molecular weight excluding hydrogens is 251 g/mol. The highest BCUT2D eigenvalue weighted by molar-refractivity contribution is 7.99. The average molecular weight is 257 g/mol. The molecule has 0 atom stereocenters. The molecule has 7 heteroatoms. The minimum Gasteiger partial charge on any atom is -0.368 e. The van der Waals surface area contributed by atoms with E-state index in [2.05, 4.69) is 9.97 Å². The van der Waals surface area contributed by atoms with Crippen LogP contribution >= 0.6 is 11.8 Å². The second kappa shape index (κ2) is 4.62. The summed E-state index contributed by atoms with van der Waals surface area (Å²) in [6.45, 7) is 0. The van der Waals surface area contributed by atoms with E-state index in [4.69, 9.17) is 5.73 Å². The molecule has 2 rings (SSSR count). The van der Waals surface area contributed by atoms with Gasteiger partial charge in [0.05, 0.1) is 11.1 Å². The van der Waals surface area contributed by atoms with E-state index in [-0.39, 0.29) is 15.9 Å². The van der Waals surface area contributed by atoms with Gasteiger partial charge in [-0.3, -0.25) is 0 Å². The molecule has 0 unspecified atom stereocenters. The van der Waals surface area contributed by atoms with Gasteiger partial charge < -0.3 is 5.73 Å². The lowest BCUT2D eigenvalue weighted by Crippen LogP contribution is -1.98. The van der Waals surface area contributed by atoms with Crippen LogP contribution in [0, 0.1) is 17.5 Å². The second-order valence-electron chi connectivity index (χ2n) is 3.06. The Morgan fingerprint density at radius 3 is 2.65 bits per heavy atom. The molecule has 0 radical (unpaired) electrons. The molecule has 0 spiro atoms. The summed E-state index contributed by atoms with van der Waals surface area (Å²) in [5.74, 6) is -2.15. The molecule has 17 heavy (non-hydrogen) atoms. The van der Waals surface area contributed by atoms with Gasteiger partial charge in [-0.2, -0.15) is 0 Å². The largest absolute Gasteiger partial charge is 0.368 e. The van der Waals surface area contributed by atoms with Crippen molar-refractivity contribution in [2.75, 3.05) is 5.73 Å². The van der Waals surface area contributed by atoms with Gasteiger partial charge in [0.2, 0.25) is 5.95 Å². The fourth-order valence-electron chi connectivity index (χ4n) is 1.10. The van der Waals surface area contributed by atoms with Crippen LogP contribution in [-0.2, 0) is 0 Å². The number of rotatable bonds is 2. The fraction of sp³-hybridized carbons (Fsp3) is 0. The summed E-state index contributed by atoms with van der Waals surface area (Å²) in [7, 11) is 0. The number of hydrogen-bond donors (Lipinski definition) is 1. The zero-order chi connectivity index (χ0) is 12.4. The lowest BCUT2D eigenvalue weighted by molar-refractivity contribution is 0.571. The van der Waals surface area contributed by atoms with E-state index in [0.717, 1.165) is 24.4 Å². The fourth-order valence-corrected chi connectivity index (χ4v) is 1.93. The highest BCUT2D eigenvalue weighted by Crippen LogP contribution is 2.30. The number of nitrogens with two attached hydrogens (primary N) is 1. The number of halogens is 3. The Kier molecular flexibility index (Phi) is 3.19. The number of benzene rings is 1. The van der Waals surface area contributed by atoms with E-state index in [1.807, 2.05) is 0 Å². The number of nitrogens with zero attached hydrogens (tertiary/aromatic N) is 2. The first-order valence-electron chi connectivity index (χ1n) is 4.47. The monoisotopic (exact) mass is 257 g/mol. The molecule has 0 aliphatic heterocycles. The quantitative estimate of drug-likeness (QED) is 0.840. The molecule has 0 aliphatic rings. The number of hydrogen-bond acceptors (Lipinski definition) is 4. The van der Waals surface area contributed by atoms with Crippen LogP contribution < -0.4 is 5.73 Å². The van der Waals surface area contributed by atoms with Gasteiger partial charge in [0.15, 0.2) is 5.82 Å². The van der Waals surface area contributed by atoms with E-state index < -0.39 is 17.5 Å². The molecule has 2 aromatic rings. The maximum Gasteiger partial charge on any atom is 0.221 e. The van der Waals surface area contributed by atoms with Crippen LogP contribution in [0.25, 0.3) is 0 Å². The van der Waals surface area contributed by atoms with Crippen LogP contribution in [0.15, 0.2) is 34.3 Å². The third kappa shape index (κ3) is 2.68. The van der Waals surface area contributed by atoms with Gasteiger partial charge in [0.1, 0.15) is 16.7 Å². The highest BCUT2D eigenvalue weighted by Gasteiger charge is 2.11. The molecule has 1 heterocycles. The Labute approximate surface area is 98.9 Å². The smallest absolute Gasteiger partial charge is 0.221 e. The predicted molar refractivity (Wildman–Crippen MR) is 56.9 cm³/mol. The average Bonchev–Trinajstić information content (AvgIpc) is 2.28. The summed E-state index contributed by atoms with van der Waals surface area (Å²) in [5.41, 5.74) is 5.28. The van der Waals surface area contributed by atoms with Crippen LogP contribution in [0.5, 0.6) is 0 Å². The Morgan fingerprint density at radius 2 is 1.88 bits per heavy atom. The minimum atomic E-state index is -0.743. The number of nitrogen functional groups attached to an aromatic ring is 1. The second-order valence-corrected chi connectivity index (χ2v) is 4.09. The Hall–Kier alpha value is -1.76. The Morgan fingerprint density at radius 1 is 1.12 bits per heavy atom. The summed E-state index contributed by atoms with van der Waals surface area (Å²) in [6.07, 6.45) is 0.877. The van der Waals surface area contributed by atoms with Crippen LogP contribution in [-0.4, -0.2) is 9.97 Å². The summed E-state index contributed by atoms with van der Waals surface area (Å²) in [6, 6.07) is 2.89. The summed E-state index contributed by atoms with van der Waals surface area (Å²) < 4.78 is 39.5. The summed E-state index contributed by atoms with van der Waals surface area (Å²) in [4.78, 5) is 6.97. The molecule has 0 fully saturated rings. The molecule has 1 aromatic carbocycles. The first-order valence-corrected chi connectivity index (χ1v) is 5.29. The molecular formula is C10H6F3N3S. The van der Waals surface area contributed by atoms with E-state index in [0.29, 0.717) is 11.8 Å². The van der Waals surface area contributed by atoms with E-state index >= 15 is 0 Å². The third-order valence-electron chi connectivity index (χ3n) is 1.83. The minimum absolute atomic E-state index is 0.0676. The normalized spacial score (nSPS) is 10.5.